The molecular weight excluding hydrogens is 901 g/mol. The Kier molecular flexibility index (Phi) is 44.5. The quantitative estimate of drug-likeness (QED) is 0.0228. The van der Waals surface area contributed by atoms with Gasteiger partial charge in [0.05, 0.1) is 6.61 Å². The van der Waals surface area contributed by atoms with Crippen LogP contribution in [0.15, 0.2) is 36.5 Å². The van der Waals surface area contributed by atoms with Gasteiger partial charge in [-0.1, -0.05) is 192 Å². The number of esters is 3. The van der Waals surface area contributed by atoms with Gasteiger partial charge < -0.3 is 39.0 Å². The van der Waals surface area contributed by atoms with Crippen molar-refractivity contribution < 1.29 is 58.2 Å². The van der Waals surface area contributed by atoms with Gasteiger partial charge in [0.25, 0.3) is 0 Å². The number of carbonyl (C=O) groups excluding carboxylic acids is 3. The number of rotatable bonds is 49. The number of carboxylic acid groups (broad SMARTS) is 1. The van der Waals surface area contributed by atoms with E-state index < -0.39 is 67.3 Å². The van der Waals surface area contributed by atoms with Crippen molar-refractivity contribution in [2.24, 2.45) is 0 Å². The molecule has 1 heterocycles. The third-order valence-corrected chi connectivity index (χ3v) is 13.2. The van der Waals surface area contributed by atoms with Gasteiger partial charge in [0.15, 0.2) is 24.6 Å². The van der Waals surface area contributed by atoms with Crippen LogP contribution in [0.25, 0.3) is 0 Å². The molecule has 71 heavy (non-hydrogen) atoms. The number of unbranched alkanes of at least 4 members (excludes halogenated alkanes) is 29. The summed E-state index contributed by atoms with van der Waals surface area (Å²) in [5, 5.41) is 31.4. The number of carbonyl (C=O) groups is 4. The Labute approximate surface area is 431 Å². The lowest BCUT2D eigenvalue weighted by Crippen LogP contribution is -2.61. The van der Waals surface area contributed by atoms with E-state index >= 15 is 0 Å². The number of hydrogen-bond donors (Lipinski definition) is 3. The highest BCUT2D eigenvalue weighted by atomic mass is 16.7. The minimum absolute atomic E-state index is 0.0511. The molecule has 0 aromatic carbocycles. The first-order valence-electron chi connectivity index (χ1n) is 29.0. The summed E-state index contributed by atoms with van der Waals surface area (Å²) in [6.07, 6.45) is 42.6. The van der Waals surface area contributed by atoms with Crippen molar-refractivity contribution in [1.29, 1.82) is 0 Å². The fourth-order valence-corrected chi connectivity index (χ4v) is 8.63. The van der Waals surface area contributed by atoms with E-state index in [0.29, 0.717) is 19.3 Å². The highest BCUT2D eigenvalue weighted by Crippen LogP contribution is 2.26. The molecule has 1 aliphatic heterocycles. The van der Waals surface area contributed by atoms with E-state index in [2.05, 4.69) is 57.2 Å². The van der Waals surface area contributed by atoms with Crippen molar-refractivity contribution in [1.82, 2.24) is 0 Å². The highest BCUT2D eigenvalue weighted by molar-refractivity contribution is 5.74. The summed E-state index contributed by atoms with van der Waals surface area (Å²) in [7, 11) is 0. The molecule has 0 aliphatic carbocycles. The molecule has 0 spiro atoms. The minimum Gasteiger partial charge on any atom is -0.479 e. The van der Waals surface area contributed by atoms with Gasteiger partial charge in [-0.3, -0.25) is 14.4 Å². The average Bonchev–Trinajstić information content (AvgIpc) is 3.35. The van der Waals surface area contributed by atoms with Gasteiger partial charge in [-0.2, -0.15) is 0 Å². The number of carboxylic acids is 1. The van der Waals surface area contributed by atoms with E-state index in [4.69, 9.17) is 23.7 Å². The van der Waals surface area contributed by atoms with Crippen molar-refractivity contribution in [3.63, 3.8) is 0 Å². The van der Waals surface area contributed by atoms with E-state index in [9.17, 15) is 34.5 Å². The zero-order chi connectivity index (χ0) is 51.8. The first-order chi connectivity index (χ1) is 34.6. The Balaban J connectivity index is 2.69. The topological polar surface area (TPSA) is 175 Å². The number of aliphatic hydroxyl groups excluding tert-OH is 2. The predicted molar refractivity (Wildman–Crippen MR) is 285 cm³/mol. The Hall–Kier alpha value is -3.06. The van der Waals surface area contributed by atoms with Crippen LogP contribution in [0.2, 0.25) is 0 Å². The first kappa shape index (κ1) is 66.0. The molecule has 12 heteroatoms. The molecule has 1 rings (SSSR count). The van der Waals surface area contributed by atoms with Crippen molar-refractivity contribution in [3.05, 3.63) is 36.5 Å². The van der Waals surface area contributed by atoms with E-state index in [0.717, 1.165) is 116 Å². The number of hydrogen-bond acceptors (Lipinski definition) is 11. The SMILES string of the molecule is CCCC/C=C\CCCCCCCC(=O)OC(COC(=O)CCCCCCC/C=C\CCCCCCCC)COC1OC(C(=O)O)C(O)C(O)C1OC(=O)CCCCCCC/C=C\CCCCCCCC. The van der Waals surface area contributed by atoms with Crippen molar-refractivity contribution in [2.45, 2.75) is 302 Å². The highest BCUT2D eigenvalue weighted by Gasteiger charge is 2.50. The zero-order valence-electron chi connectivity index (χ0n) is 45.2. The lowest BCUT2D eigenvalue weighted by molar-refractivity contribution is -0.301. The molecule has 0 amide bonds. The number of allylic oxidation sites excluding steroid dienone is 6. The molecule has 12 nitrogen and oxygen atoms in total. The smallest absolute Gasteiger partial charge is 0.335 e. The van der Waals surface area contributed by atoms with Gasteiger partial charge in [-0.25, -0.2) is 4.79 Å². The third-order valence-electron chi connectivity index (χ3n) is 13.2. The molecule has 1 fully saturated rings. The Morgan fingerprint density at radius 1 is 0.451 bits per heavy atom. The van der Waals surface area contributed by atoms with Crippen LogP contribution in [0, 0.1) is 0 Å². The molecule has 412 valence electrons. The summed E-state index contributed by atoms with van der Waals surface area (Å²) in [6, 6.07) is 0. The van der Waals surface area contributed by atoms with Crippen LogP contribution in [0.5, 0.6) is 0 Å². The molecular formula is C59H104O12. The predicted octanol–water partition coefficient (Wildman–Crippen LogP) is 14.5. The monoisotopic (exact) mass is 1000 g/mol. The maximum Gasteiger partial charge on any atom is 0.335 e. The number of aliphatic carboxylic acids is 1. The van der Waals surface area contributed by atoms with Crippen LogP contribution in [0.1, 0.15) is 265 Å². The number of aliphatic hydroxyl groups is 2. The summed E-state index contributed by atoms with van der Waals surface area (Å²) in [5.74, 6) is -3.14. The van der Waals surface area contributed by atoms with Crippen molar-refractivity contribution >= 4 is 23.9 Å². The molecule has 0 aromatic rings. The second-order valence-corrected chi connectivity index (χ2v) is 19.9. The summed E-state index contributed by atoms with van der Waals surface area (Å²) in [4.78, 5) is 51.0. The fourth-order valence-electron chi connectivity index (χ4n) is 8.63. The molecule has 6 unspecified atom stereocenters. The average molecular weight is 1010 g/mol. The van der Waals surface area contributed by atoms with Crippen LogP contribution in [-0.4, -0.2) is 89.2 Å². The van der Waals surface area contributed by atoms with Gasteiger partial charge in [0.2, 0.25) is 0 Å². The molecule has 0 aromatic heterocycles. The molecule has 0 saturated carbocycles. The standard InChI is InChI=1S/C59H104O12/c1-4-7-10-13-16-19-22-24-26-28-31-33-36-39-42-45-51(60)67-48-50(69-52(61)46-43-40-37-34-30-21-18-15-12-9-6-3)49-68-59-57(55(64)54(63)56(71-59)58(65)66)70-53(62)47-44-41-38-35-32-29-27-25-23-20-17-14-11-8-5-2/h15,18,24-27,50,54-57,59,63-64H,4-14,16-17,19-23,28-49H2,1-3H3,(H,65,66)/b18-15-,26-24-,27-25-. The molecule has 6 atom stereocenters. The lowest BCUT2D eigenvalue weighted by Gasteiger charge is -2.40. The summed E-state index contributed by atoms with van der Waals surface area (Å²) < 4.78 is 28.4. The van der Waals surface area contributed by atoms with Gasteiger partial charge in [-0.15, -0.1) is 0 Å². The Bertz CT molecular complexity index is 1380. The molecule has 1 aliphatic rings. The first-order valence-corrected chi connectivity index (χ1v) is 29.0. The van der Waals surface area contributed by atoms with E-state index in [1.54, 1.807) is 0 Å². The van der Waals surface area contributed by atoms with Crippen molar-refractivity contribution in [3.8, 4) is 0 Å². The van der Waals surface area contributed by atoms with Crippen molar-refractivity contribution in [2.75, 3.05) is 13.2 Å². The maximum absolute atomic E-state index is 13.1. The fraction of sp³-hybridized carbons (Fsp3) is 0.831. The van der Waals surface area contributed by atoms with Crippen LogP contribution >= 0.6 is 0 Å². The molecule has 0 radical (unpaired) electrons. The Morgan fingerprint density at radius 3 is 1.24 bits per heavy atom. The molecule has 0 bridgehead atoms. The lowest BCUT2D eigenvalue weighted by atomic mass is 9.98. The van der Waals surface area contributed by atoms with Crippen LogP contribution in [0.4, 0.5) is 0 Å². The second-order valence-electron chi connectivity index (χ2n) is 19.9. The summed E-state index contributed by atoms with van der Waals surface area (Å²) >= 11 is 0. The minimum atomic E-state index is -1.90. The summed E-state index contributed by atoms with van der Waals surface area (Å²) in [5.41, 5.74) is 0. The molecule has 3 N–H and O–H groups in total. The van der Waals surface area contributed by atoms with Crippen LogP contribution < -0.4 is 0 Å². The maximum atomic E-state index is 13.1. The number of ether oxygens (including phenoxy) is 5. The third kappa shape index (κ3) is 38.2. The van der Waals surface area contributed by atoms with Gasteiger partial charge in [0, 0.05) is 19.3 Å². The zero-order valence-corrected chi connectivity index (χ0v) is 45.2. The van der Waals surface area contributed by atoms with Crippen LogP contribution in [-0.2, 0) is 42.9 Å². The van der Waals surface area contributed by atoms with E-state index in [-0.39, 0.29) is 25.9 Å². The summed E-state index contributed by atoms with van der Waals surface area (Å²) in [6.45, 7) is 5.93. The Morgan fingerprint density at radius 2 is 0.817 bits per heavy atom. The van der Waals surface area contributed by atoms with Crippen LogP contribution in [0.3, 0.4) is 0 Å². The largest absolute Gasteiger partial charge is 0.479 e. The normalized spacial score (nSPS) is 18.7. The van der Waals surface area contributed by atoms with Gasteiger partial charge in [-0.05, 0) is 89.9 Å². The van der Waals surface area contributed by atoms with Gasteiger partial charge in [0.1, 0.15) is 18.8 Å². The van der Waals surface area contributed by atoms with E-state index in [1.807, 2.05) is 0 Å². The van der Waals surface area contributed by atoms with E-state index in [1.165, 1.54) is 89.9 Å². The second kappa shape index (κ2) is 47.9. The molecule has 1 saturated heterocycles. The van der Waals surface area contributed by atoms with Gasteiger partial charge >= 0.3 is 23.9 Å².